The highest BCUT2D eigenvalue weighted by atomic mass is 16.8. The van der Waals surface area contributed by atoms with E-state index in [4.69, 9.17) is 28.4 Å². The molecule has 83 heavy (non-hydrogen) atoms. The maximum atomic E-state index is 13.2. The van der Waals surface area contributed by atoms with Gasteiger partial charge in [-0.25, -0.2) is 0 Å². The number of allylic oxidation sites excluding steroid dienone is 18. The van der Waals surface area contributed by atoms with Crippen molar-refractivity contribution >= 4 is 5.91 Å². The lowest BCUT2D eigenvalue weighted by atomic mass is 9.96. The molecule has 0 aromatic carbocycles. The Kier molecular flexibility index (Phi) is 40.6. The molecule has 12 N–H and O–H groups in total. The van der Waals surface area contributed by atoms with Gasteiger partial charge in [0.1, 0.15) is 73.2 Å². The third kappa shape index (κ3) is 29.1. The fourth-order valence-electron chi connectivity index (χ4n) is 9.60. The van der Waals surface area contributed by atoms with Crippen molar-refractivity contribution in [3.05, 3.63) is 109 Å². The summed E-state index contributed by atoms with van der Waals surface area (Å²) in [6, 6.07) is -0.896. The van der Waals surface area contributed by atoms with Crippen LogP contribution in [0.15, 0.2) is 109 Å². The van der Waals surface area contributed by atoms with Crippen molar-refractivity contribution in [1.29, 1.82) is 0 Å². The predicted molar refractivity (Wildman–Crippen MR) is 318 cm³/mol. The summed E-state index contributed by atoms with van der Waals surface area (Å²) in [4.78, 5) is 13.2. The summed E-state index contributed by atoms with van der Waals surface area (Å²) in [5, 5.41) is 119. The summed E-state index contributed by atoms with van der Waals surface area (Å²) in [6.07, 6.45) is 33.2. The van der Waals surface area contributed by atoms with E-state index in [9.17, 15) is 61.0 Å². The fraction of sp³-hybridized carbons (Fsp3) is 0.703. The summed E-state index contributed by atoms with van der Waals surface area (Å²) < 4.78 is 34.0. The second kappa shape index (κ2) is 45.7. The van der Waals surface area contributed by atoms with Crippen LogP contribution < -0.4 is 5.32 Å². The first-order chi connectivity index (χ1) is 40.3. The molecule has 3 aliphatic rings. The van der Waals surface area contributed by atoms with Gasteiger partial charge < -0.3 is 89.9 Å². The average molecular weight is 1180 g/mol. The van der Waals surface area contributed by atoms with Crippen molar-refractivity contribution in [1.82, 2.24) is 5.32 Å². The first-order valence-corrected chi connectivity index (χ1v) is 30.6. The molecule has 17 atom stereocenters. The number of unbranched alkanes of at least 4 members (excludes halogenated alkanes) is 9. The predicted octanol–water partition coefficient (Wildman–Crippen LogP) is 5.92. The number of aliphatic hydroxyl groups is 11. The number of carbonyl (C=O) groups is 1. The van der Waals surface area contributed by atoms with Crippen LogP contribution in [0, 0.1) is 0 Å². The van der Waals surface area contributed by atoms with Crippen LogP contribution in [0.3, 0.4) is 0 Å². The van der Waals surface area contributed by atoms with Gasteiger partial charge in [-0.15, -0.1) is 0 Å². The molecule has 1 amide bonds. The summed E-state index contributed by atoms with van der Waals surface area (Å²) in [5.41, 5.74) is 0. The van der Waals surface area contributed by atoms with E-state index in [1.54, 1.807) is 0 Å². The van der Waals surface area contributed by atoms with Gasteiger partial charge in [0.2, 0.25) is 5.91 Å². The lowest BCUT2D eigenvalue weighted by molar-refractivity contribution is -0.379. The number of hydrogen-bond acceptors (Lipinski definition) is 18. The molecule has 3 fully saturated rings. The van der Waals surface area contributed by atoms with Gasteiger partial charge in [-0.2, -0.15) is 0 Å². The van der Waals surface area contributed by atoms with Gasteiger partial charge in [0.05, 0.1) is 38.6 Å². The van der Waals surface area contributed by atoms with E-state index < -0.39 is 124 Å². The molecule has 3 saturated heterocycles. The zero-order chi connectivity index (χ0) is 60.5. The molecule has 0 bridgehead atoms. The molecule has 0 spiro atoms. The molecule has 474 valence electrons. The number of ether oxygens (including phenoxy) is 6. The topological polar surface area (TPSA) is 307 Å². The third-order valence-electron chi connectivity index (χ3n) is 14.6. The molecule has 0 radical (unpaired) electrons. The number of carbonyl (C=O) groups excluding carboxylic acids is 1. The molecule has 19 nitrogen and oxygen atoms in total. The normalized spacial score (nSPS) is 30.2. The number of aliphatic hydroxyl groups excluding tert-OH is 11. The highest BCUT2D eigenvalue weighted by Gasteiger charge is 2.53. The van der Waals surface area contributed by atoms with Crippen molar-refractivity contribution in [2.24, 2.45) is 0 Å². The highest BCUT2D eigenvalue weighted by Crippen LogP contribution is 2.33. The smallest absolute Gasteiger partial charge is 0.220 e. The first-order valence-electron chi connectivity index (χ1n) is 30.6. The maximum absolute atomic E-state index is 13.2. The van der Waals surface area contributed by atoms with Crippen LogP contribution in [0.2, 0.25) is 0 Å². The quantitative estimate of drug-likeness (QED) is 0.0249. The molecule has 3 rings (SSSR count). The largest absolute Gasteiger partial charge is 0.394 e. The zero-order valence-corrected chi connectivity index (χ0v) is 49.4. The fourth-order valence-corrected chi connectivity index (χ4v) is 9.60. The van der Waals surface area contributed by atoms with E-state index in [0.29, 0.717) is 19.3 Å². The van der Waals surface area contributed by atoms with Crippen LogP contribution in [0.4, 0.5) is 0 Å². The minimum Gasteiger partial charge on any atom is -0.394 e. The molecular weight excluding hydrogens is 1070 g/mol. The molecule has 0 saturated carbocycles. The molecule has 0 aliphatic carbocycles. The first kappa shape index (κ1) is 73.7. The Morgan fingerprint density at radius 1 is 0.446 bits per heavy atom. The van der Waals surface area contributed by atoms with Crippen LogP contribution in [-0.2, 0) is 33.2 Å². The third-order valence-corrected chi connectivity index (χ3v) is 14.6. The number of amides is 1. The minimum absolute atomic E-state index is 0.243. The molecule has 19 heteroatoms. The minimum atomic E-state index is -1.98. The standard InChI is InChI=1S/C64H105NO18/c1-3-5-7-8-9-10-11-12-13-14-15-16-17-18-19-20-21-22-23-24-25-26-27-28-29-30-31-32-33-34-35-36-37-38-40-42-52(70)65-47(48(69)41-39-6-4-2)46-78-62-58(76)55(73)60(50(44-67)80-62)83-64-59(77)56(74)61(51(45-68)81-64)82-63-57(75)54(72)53(71)49(43-66)79-63/h5,7,9-10,12-13,15-16,18-19,21-22,24-25,27-28,30-31,47-51,53-64,66-69,71-77H,3-4,6,8,11,14,17,20,23,26,29,32-46H2,1-2H3,(H,65,70)/b7-5-,10-9-,13-12-,16-15-,19-18-,22-21-,25-24-,28-27-,31-30-. The Morgan fingerprint density at radius 3 is 1.28 bits per heavy atom. The zero-order valence-electron chi connectivity index (χ0n) is 49.4. The van der Waals surface area contributed by atoms with Crippen molar-refractivity contribution in [3.8, 4) is 0 Å². The summed E-state index contributed by atoms with van der Waals surface area (Å²) in [5.74, 6) is -0.273. The van der Waals surface area contributed by atoms with Gasteiger partial charge in [0.25, 0.3) is 0 Å². The van der Waals surface area contributed by atoms with E-state index in [-0.39, 0.29) is 18.9 Å². The van der Waals surface area contributed by atoms with E-state index in [0.717, 1.165) is 116 Å². The molecule has 0 aromatic heterocycles. The van der Waals surface area contributed by atoms with Crippen LogP contribution in [0.5, 0.6) is 0 Å². The lowest BCUT2D eigenvalue weighted by Gasteiger charge is -2.48. The number of hydrogen-bond donors (Lipinski definition) is 12. The Balaban J connectivity index is 1.29. The highest BCUT2D eigenvalue weighted by molar-refractivity contribution is 5.76. The van der Waals surface area contributed by atoms with E-state index in [2.05, 4.69) is 122 Å². The Bertz CT molecular complexity index is 1930. The van der Waals surface area contributed by atoms with Crippen molar-refractivity contribution in [2.75, 3.05) is 26.4 Å². The van der Waals surface area contributed by atoms with E-state index in [1.165, 1.54) is 0 Å². The van der Waals surface area contributed by atoms with Crippen LogP contribution >= 0.6 is 0 Å². The maximum Gasteiger partial charge on any atom is 0.220 e. The van der Waals surface area contributed by atoms with Crippen LogP contribution in [0.25, 0.3) is 0 Å². The average Bonchev–Trinajstić information content (AvgIpc) is 3.28. The van der Waals surface area contributed by atoms with Crippen molar-refractivity contribution in [3.63, 3.8) is 0 Å². The molecule has 17 unspecified atom stereocenters. The van der Waals surface area contributed by atoms with E-state index in [1.807, 2.05) is 6.92 Å². The van der Waals surface area contributed by atoms with Gasteiger partial charge in [-0.05, 0) is 83.5 Å². The molecule has 0 aromatic rings. The van der Waals surface area contributed by atoms with Gasteiger partial charge >= 0.3 is 0 Å². The molecule has 3 aliphatic heterocycles. The summed E-state index contributed by atoms with van der Waals surface area (Å²) in [6.45, 7) is 1.44. The van der Waals surface area contributed by atoms with Crippen LogP contribution in [0.1, 0.15) is 155 Å². The molecular formula is C64H105NO18. The lowest BCUT2D eigenvalue weighted by Crippen LogP contribution is -2.66. The number of rotatable bonds is 43. The van der Waals surface area contributed by atoms with Crippen molar-refractivity contribution in [2.45, 2.75) is 259 Å². The Hall–Kier alpha value is -3.55. The van der Waals surface area contributed by atoms with Crippen LogP contribution in [-0.4, -0.2) is 193 Å². The van der Waals surface area contributed by atoms with Crippen molar-refractivity contribution < 1.29 is 89.4 Å². The number of nitrogens with one attached hydrogen (secondary N) is 1. The van der Waals surface area contributed by atoms with Gasteiger partial charge in [-0.1, -0.05) is 175 Å². The summed E-state index contributed by atoms with van der Waals surface area (Å²) in [7, 11) is 0. The second-order valence-corrected chi connectivity index (χ2v) is 21.4. The Morgan fingerprint density at radius 2 is 0.831 bits per heavy atom. The monoisotopic (exact) mass is 1180 g/mol. The van der Waals surface area contributed by atoms with Gasteiger partial charge in [0.15, 0.2) is 18.9 Å². The van der Waals surface area contributed by atoms with Gasteiger partial charge in [0, 0.05) is 6.42 Å². The SMILES string of the molecule is CC/C=C\C/C=C\C/C=C\C/C=C\C/C=C\C/C=C\C/C=C\C/C=C\C/C=C\CCCCCCCCCC(=O)NC(COC1OC(CO)C(OC2OC(CO)C(OC3OC(CO)C(O)C(O)C3O)C(O)C2O)C(O)C1O)C(O)CCCCC. The van der Waals surface area contributed by atoms with Gasteiger partial charge in [-0.3, -0.25) is 4.79 Å². The second-order valence-electron chi connectivity index (χ2n) is 21.4. The molecule has 3 heterocycles. The van der Waals surface area contributed by atoms with E-state index >= 15 is 0 Å². The Labute approximate surface area is 494 Å². The summed E-state index contributed by atoms with van der Waals surface area (Å²) >= 11 is 0.